The van der Waals surface area contributed by atoms with Gasteiger partial charge in [-0.15, -0.1) is 0 Å². The summed E-state index contributed by atoms with van der Waals surface area (Å²) in [5.74, 6) is 0. The Morgan fingerprint density at radius 1 is 1.29 bits per heavy atom. The van der Waals surface area contributed by atoms with E-state index < -0.39 is 0 Å². The van der Waals surface area contributed by atoms with Crippen molar-refractivity contribution in [1.29, 1.82) is 0 Å². The standard InChI is InChI=1S/C13H22N4/c1-17(2)13-7-8-15-9-12(13)16-11-5-3-10(14)4-6-11/h7-11,16H,3-6,14H2,1-2H3. The van der Waals surface area contributed by atoms with E-state index >= 15 is 0 Å². The molecule has 0 bridgehead atoms. The van der Waals surface area contributed by atoms with Gasteiger partial charge in [-0.1, -0.05) is 0 Å². The SMILES string of the molecule is CN(C)c1ccncc1NC1CCC(N)CC1. The molecule has 0 unspecified atom stereocenters. The molecule has 1 aromatic rings. The fourth-order valence-corrected chi connectivity index (χ4v) is 2.37. The van der Waals surface area contributed by atoms with E-state index in [1.165, 1.54) is 5.69 Å². The number of pyridine rings is 1. The second-order valence-corrected chi connectivity index (χ2v) is 5.04. The lowest BCUT2D eigenvalue weighted by Crippen LogP contribution is -2.33. The van der Waals surface area contributed by atoms with Crippen molar-refractivity contribution in [2.24, 2.45) is 5.73 Å². The highest BCUT2D eigenvalue weighted by atomic mass is 15.1. The fourth-order valence-electron chi connectivity index (χ4n) is 2.37. The Morgan fingerprint density at radius 2 is 2.00 bits per heavy atom. The third kappa shape index (κ3) is 3.09. The Balaban J connectivity index is 2.03. The highest BCUT2D eigenvalue weighted by molar-refractivity contribution is 5.68. The van der Waals surface area contributed by atoms with Gasteiger partial charge in [-0.05, 0) is 31.7 Å². The molecule has 1 heterocycles. The molecule has 3 N–H and O–H groups in total. The average molecular weight is 234 g/mol. The molecule has 1 fully saturated rings. The number of anilines is 2. The van der Waals surface area contributed by atoms with E-state index in [4.69, 9.17) is 5.73 Å². The van der Waals surface area contributed by atoms with Gasteiger partial charge in [-0.25, -0.2) is 0 Å². The summed E-state index contributed by atoms with van der Waals surface area (Å²) in [6.45, 7) is 0. The molecule has 0 aromatic carbocycles. The van der Waals surface area contributed by atoms with Crippen LogP contribution in [0.2, 0.25) is 0 Å². The summed E-state index contributed by atoms with van der Waals surface area (Å²) >= 11 is 0. The summed E-state index contributed by atoms with van der Waals surface area (Å²) in [4.78, 5) is 6.30. The van der Waals surface area contributed by atoms with Gasteiger partial charge >= 0.3 is 0 Å². The topological polar surface area (TPSA) is 54.2 Å². The third-order valence-electron chi connectivity index (χ3n) is 3.41. The number of nitrogens with two attached hydrogens (primary N) is 1. The van der Waals surface area contributed by atoms with E-state index in [1.54, 1.807) is 0 Å². The van der Waals surface area contributed by atoms with E-state index in [2.05, 4.69) is 29.3 Å². The first-order chi connectivity index (χ1) is 8.16. The molecular formula is C13H22N4. The smallest absolute Gasteiger partial charge is 0.0766 e. The van der Waals surface area contributed by atoms with Crippen LogP contribution in [0, 0.1) is 0 Å². The van der Waals surface area contributed by atoms with Crippen LogP contribution in [0.3, 0.4) is 0 Å². The summed E-state index contributed by atoms with van der Waals surface area (Å²) in [7, 11) is 4.11. The predicted molar refractivity (Wildman–Crippen MR) is 72.4 cm³/mol. The number of aromatic nitrogens is 1. The van der Waals surface area contributed by atoms with Crippen LogP contribution in [0.4, 0.5) is 11.4 Å². The molecule has 17 heavy (non-hydrogen) atoms. The average Bonchev–Trinajstić information content (AvgIpc) is 2.32. The van der Waals surface area contributed by atoms with Crippen LogP contribution in [0.1, 0.15) is 25.7 Å². The highest BCUT2D eigenvalue weighted by Crippen LogP contribution is 2.26. The van der Waals surface area contributed by atoms with Gasteiger partial charge in [-0.2, -0.15) is 0 Å². The zero-order valence-electron chi connectivity index (χ0n) is 10.7. The lowest BCUT2D eigenvalue weighted by atomic mass is 9.91. The van der Waals surface area contributed by atoms with Gasteiger partial charge in [0.2, 0.25) is 0 Å². The maximum atomic E-state index is 5.92. The predicted octanol–water partition coefficient (Wildman–Crippen LogP) is 1.83. The lowest BCUT2D eigenvalue weighted by Gasteiger charge is -2.29. The molecule has 94 valence electrons. The van der Waals surface area contributed by atoms with Crippen LogP contribution in [-0.4, -0.2) is 31.2 Å². The number of nitrogens with one attached hydrogen (secondary N) is 1. The Kier molecular flexibility index (Phi) is 3.84. The number of hydrogen-bond acceptors (Lipinski definition) is 4. The van der Waals surface area contributed by atoms with Crippen molar-refractivity contribution in [3.63, 3.8) is 0 Å². The van der Waals surface area contributed by atoms with Crippen LogP contribution in [-0.2, 0) is 0 Å². The van der Waals surface area contributed by atoms with Gasteiger partial charge in [0, 0.05) is 32.4 Å². The van der Waals surface area contributed by atoms with E-state index in [0.29, 0.717) is 12.1 Å². The molecule has 4 nitrogen and oxygen atoms in total. The molecule has 0 amide bonds. The maximum Gasteiger partial charge on any atom is 0.0766 e. The Labute approximate surface area is 103 Å². The first-order valence-electron chi connectivity index (χ1n) is 6.30. The minimum atomic E-state index is 0.398. The molecule has 0 spiro atoms. The Hall–Kier alpha value is -1.29. The van der Waals surface area contributed by atoms with Gasteiger partial charge in [0.15, 0.2) is 0 Å². The quantitative estimate of drug-likeness (QED) is 0.838. The number of nitrogens with zero attached hydrogens (tertiary/aromatic N) is 2. The van der Waals surface area contributed by atoms with Gasteiger partial charge in [0.1, 0.15) is 0 Å². The van der Waals surface area contributed by atoms with Crippen LogP contribution in [0.15, 0.2) is 18.5 Å². The maximum absolute atomic E-state index is 5.92. The third-order valence-corrected chi connectivity index (χ3v) is 3.41. The molecule has 1 aromatic heterocycles. The molecular weight excluding hydrogens is 212 g/mol. The summed E-state index contributed by atoms with van der Waals surface area (Å²) in [5.41, 5.74) is 8.23. The van der Waals surface area contributed by atoms with E-state index in [-0.39, 0.29) is 0 Å². The van der Waals surface area contributed by atoms with Crippen molar-refractivity contribution in [2.75, 3.05) is 24.3 Å². The zero-order valence-corrected chi connectivity index (χ0v) is 10.7. The van der Waals surface area contributed by atoms with Crippen LogP contribution in [0.5, 0.6) is 0 Å². The summed E-state index contributed by atoms with van der Waals surface area (Å²) in [6, 6.07) is 2.98. The zero-order chi connectivity index (χ0) is 12.3. The number of rotatable bonds is 3. The van der Waals surface area contributed by atoms with Gasteiger partial charge in [-0.3, -0.25) is 4.98 Å². The minimum Gasteiger partial charge on any atom is -0.379 e. The minimum absolute atomic E-state index is 0.398. The second kappa shape index (κ2) is 5.36. The molecule has 1 saturated carbocycles. The molecule has 1 aliphatic carbocycles. The van der Waals surface area contributed by atoms with Crippen LogP contribution >= 0.6 is 0 Å². The van der Waals surface area contributed by atoms with E-state index in [1.807, 2.05) is 18.5 Å². The molecule has 4 heteroatoms. The van der Waals surface area contributed by atoms with Crippen molar-refractivity contribution < 1.29 is 0 Å². The molecule has 0 atom stereocenters. The van der Waals surface area contributed by atoms with Crippen molar-refractivity contribution in [1.82, 2.24) is 4.98 Å². The first-order valence-corrected chi connectivity index (χ1v) is 6.30. The summed E-state index contributed by atoms with van der Waals surface area (Å²) < 4.78 is 0. The fraction of sp³-hybridized carbons (Fsp3) is 0.615. The second-order valence-electron chi connectivity index (χ2n) is 5.04. The molecule has 0 aliphatic heterocycles. The van der Waals surface area contributed by atoms with E-state index in [9.17, 15) is 0 Å². The monoisotopic (exact) mass is 234 g/mol. The molecule has 0 saturated heterocycles. The number of hydrogen-bond donors (Lipinski definition) is 2. The highest BCUT2D eigenvalue weighted by Gasteiger charge is 2.19. The Bertz CT molecular complexity index is 356. The molecule has 0 radical (unpaired) electrons. The first kappa shape index (κ1) is 12.2. The van der Waals surface area contributed by atoms with Crippen molar-refractivity contribution in [3.8, 4) is 0 Å². The van der Waals surface area contributed by atoms with Gasteiger partial charge < -0.3 is 16.0 Å². The summed E-state index contributed by atoms with van der Waals surface area (Å²) in [6.07, 6.45) is 8.29. The largest absolute Gasteiger partial charge is 0.379 e. The van der Waals surface area contributed by atoms with Crippen LogP contribution < -0.4 is 16.0 Å². The Morgan fingerprint density at radius 3 is 2.65 bits per heavy atom. The van der Waals surface area contributed by atoms with Crippen LogP contribution in [0.25, 0.3) is 0 Å². The van der Waals surface area contributed by atoms with E-state index in [0.717, 1.165) is 31.4 Å². The van der Waals surface area contributed by atoms with Crippen molar-refractivity contribution >= 4 is 11.4 Å². The molecule has 2 rings (SSSR count). The van der Waals surface area contributed by atoms with Crippen molar-refractivity contribution in [3.05, 3.63) is 18.5 Å². The van der Waals surface area contributed by atoms with Crippen molar-refractivity contribution in [2.45, 2.75) is 37.8 Å². The lowest BCUT2D eigenvalue weighted by molar-refractivity contribution is 0.411. The molecule has 1 aliphatic rings. The summed E-state index contributed by atoms with van der Waals surface area (Å²) in [5, 5.41) is 3.59. The normalized spacial score (nSPS) is 24.4. The van der Waals surface area contributed by atoms with Gasteiger partial charge in [0.25, 0.3) is 0 Å². The van der Waals surface area contributed by atoms with Gasteiger partial charge in [0.05, 0.1) is 17.6 Å².